The molecule has 3 aliphatic rings. The SMILES string of the molecule is C=C[C@H](O[PH](=O)O)[C@@H]1Oc2c(OC)ccc3c2[C@@]12CCN(C)[C@H](C3)[C@@H]2C. The van der Waals surface area contributed by atoms with Crippen molar-refractivity contribution in [1.82, 2.24) is 4.90 Å². The van der Waals surface area contributed by atoms with E-state index in [-0.39, 0.29) is 5.41 Å². The summed E-state index contributed by atoms with van der Waals surface area (Å²) in [6.07, 6.45) is 2.42. The van der Waals surface area contributed by atoms with Crippen LogP contribution < -0.4 is 9.47 Å². The summed E-state index contributed by atoms with van der Waals surface area (Å²) in [5.74, 6) is 1.78. The lowest BCUT2D eigenvalue weighted by Crippen LogP contribution is -2.63. The van der Waals surface area contributed by atoms with E-state index in [0.717, 1.165) is 25.1 Å². The number of fused-ring (bicyclic) bond motifs is 1. The fraction of sp³-hybridized carbons (Fsp3) is 0.579. The number of likely N-dealkylation sites (tertiary alicyclic amines) is 1. The Hall–Kier alpha value is -1.33. The maximum absolute atomic E-state index is 11.4. The van der Waals surface area contributed by atoms with Gasteiger partial charge in [-0.1, -0.05) is 19.1 Å². The molecule has 0 radical (unpaired) electrons. The van der Waals surface area contributed by atoms with Crippen LogP contribution in [0.5, 0.6) is 11.5 Å². The molecule has 4 rings (SSSR count). The molecule has 1 unspecified atom stereocenters. The third kappa shape index (κ3) is 2.32. The van der Waals surface area contributed by atoms with Crippen molar-refractivity contribution < 1.29 is 23.5 Å². The number of likely N-dealkylation sites (N-methyl/N-ethyl adjacent to an activating group) is 1. The van der Waals surface area contributed by atoms with Crippen LogP contribution in [0.3, 0.4) is 0 Å². The number of rotatable bonds is 5. The van der Waals surface area contributed by atoms with Crippen molar-refractivity contribution in [1.29, 1.82) is 0 Å². The molecule has 142 valence electrons. The second-order valence-corrected chi connectivity index (χ2v) is 8.35. The minimum atomic E-state index is -3.11. The Labute approximate surface area is 154 Å². The molecule has 1 fully saturated rings. The molecule has 1 N–H and O–H groups in total. The van der Waals surface area contributed by atoms with Crippen molar-refractivity contribution in [2.45, 2.75) is 43.4 Å². The Morgan fingerprint density at radius 2 is 2.31 bits per heavy atom. The van der Waals surface area contributed by atoms with Crippen molar-refractivity contribution in [2.24, 2.45) is 5.92 Å². The maximum Gasteiger partial charge on any atom is 0.317 e. The topological polar surface area (TPSA) is 68.2 Å². The van der Waals surface area contributed by atoms with Gasteiger partial charge in [0.15, 0.2) is 11.5 Å². The lowest BCUT2D eigenvalue weighted by Gasteiger charge is -2.55. The molecule has 1 saturated heterocycles. The van der Waals surface area contributed by atoms with Crippen molar-refractivity contribution in [3.05, 3.63) is 35.9 Å². The lowest BCUT2D eigenvalue weighted by molar-refractivity contribution is -0.0386. The van der Waals surface area contributed by atoms with Gasteiger partial charge >= 0.3 is 8.25 Å². The van der Waals surface area contributed by atoms with Gasteiger partial charge < -0.3 is 19.3 Å². The molecule has 0 saturated carbocycles. The largest absolute Gasteiger partial charge is 0.493 e. The first-order valence-electron chi connectivity index (χ1n) is 9.03. The van der Waals surface area contributed by atoms with Gasteiger partial charge in [0.1, 0.15) is 12.2 Å². The third-order valence-corrected chi connectivity index (χ3v) is 7.15. The van der Waals surface area contributed by atoms with E-state index in [2.05, 4.69) is 31.5 Å². The van der Waals surface area contributed by atoms with Gasteiger partial charge in [0.25, 0.3) is 0 Å². The zero-order chi connectivity index (χ0) is 18.6. The quantitative estimate of drug-likeness (QED) is 0.626. The number of methoxy groups -OCH3 is 1. The van der Waals surface area contributed by atoms with Crippen LogP contribution >= 0.6 is 8.25 Å². The summed E-state index contributed by atoms with van der Waals surface area (Å²) >= 11 is 0. The van der Waals surface area contributed by atoms with Crippen molar-refractivity contribution >= 4 is 8.25 Å². The monoisotopic (exact) mass is 379 g/mol. The zero-order valence-corrected chi connectivity index (χ0v) is 16.4. The van der Waals surface area contributed by atoms with E-state index in [0.29, 0.717) is 17.7 Å². The Morgan fingerprint density at radius 1 is 1.54 bits per heavy atom. The summed E-state index contributed by atoms with van der Waals surface area (Å²) in [7, 11) is 0.699. The first kappa shape index (κ1) is 18.1. The first-order valence-corrected chi connectivity index (χ1v) is 10.3. The highest BCUT2D eigenvalue weighted by molar-refractivity contribution is 7.32. The molecule has 6 atom stereocenters. The molecule has 1 aliphatic carbocycles. The van der Waals surface area contributed by atoms with E-state index >= 15 is 0 Å². The number of ether oxygens (including phenoxy) is 2. The summed E-state index contributed by atoms with van der Waals surface area (Å²) in [6.45, 7) is 7.04. The minimum Gasteiger partial charge on any atom is -0.493 e. The maximum atomic E-state index is 11.4. The Kier molecular flexibility index (Phi) is 4.43. The van der Waals surface area contributed by atoms with Crippen LogP contribution in [-0.4, -0.2) is 48.7 Å². The van der Waals surface area contributed by atoms with Crippen molar-refractivity contribution in [3.63, 3.8) is 0 Å². The highest BCUT2D eigenvalue weighted by Gasteiger charge is 2.62. The predicted molar refractivity (Wildman–Crippen MR) is 99.3 cm³/mol. The summed E-state index contributed by atoms with van der Waals surface area (Å²) in [5, 5.41) is 0. The normalized spacial score (nSPS) is 34.5. The fourth-order valence-corrected chi connectivity index (χ4v) is 5.89. The van der Waals surface area contributed by atoms with E-state index < -0.39 is 20.5 Å². The number of piperidine rings is 1. The highest BCUT2D eigenvalue weighted by atomic mass is 31.1. The molecule has 1 spiro atoms. The molecule has 1 aromatic carbocycles. The van der Waals surface area contributed by atoms with Gasteiger partial charge in [-0.3, -0.25) is 9.09 Å². The van der Waals surface area contributed by atoms with E-state index in [1.165, 1.54) is 11.1 Å². The number of hydrogen-bond acceptors (Lipinski definition) is 5. The molecule has 7 heteroatoms. The Bertz CT molecular complexity index is 769. The minimum absolute atomic E-state index is 0.273. The van der Waals surface area contributed by atoms with E-state index in [1.54, 1.807) is 13.2 Å². The molecule has 0 aromatic heterocycles. The second-order valence-electron chi connectivity index (χ2n) is 7.58. The van der Waals surface area contributed by atoms with Crippen LogP contribution in [0.15, 0.2) is 24.8 Å². The standard InChI is InChI=1S/C19H26NO5P/c1-5-14(25-26(21)22)18-19-8-9-20(3)13(11(19)2)10-12-6-7-15(23-4)17(24-18)16(12)19/h5-7,11,13-14,18,26H,1,8-10H2,2-4H3,(H,21,22)/t11-,13+,14-,18-,19-/m0/s1. The number of hydrogen-bond donors (Lipinski definition) is 1. The van der Waals surface area contributed by atoms with Gasteiger partial charge in [-0.2, -0.15) is 0 Å². The molecule has 1 aromatic rings. The first-order chi connectivity index (χ1) is 12.4. The van der Waals surface area contributed by atoms with Crippen LogP contribution in [0.25, 0.3) is 0 Å². The number of benzene rings is 1. The molecular formula is C19H26NO5P. The van der Waals surface area contributed by atoms with E-state index in [9.17, 15) is 9.46 Å². The van der Waals surface area contributed by atoms with Crippen LogP contribution in [0.1, 0.15) is 24.5 Å². The average Bonchev–Trinajstić information content (AvgIpc) is 2.95. The van der Waals surface area contributed by atoms with Gasteiger partial charge in [0, 0.05) is 17.0 Å². The molecule has 26 heavy (non-hydrogen) atoms. The second kappa shape index (κ2) is 6.38. The molecule has 2 bridgehead atoms. The van der Waals surface area contributed by atoms with Crippen LogP contribution in [0.4, 0.5) is 0 Å². The van der Waals surface area contributed by atoms with E-state index in [4.69, 9.17) is 14.0 Å². The molecule has 2 heterocycles. The summed E-state index contributed by atoms with van der Waals surface area (Å²) in [4.78, 5) is 11.8. The summed E-state index contributed by atoms with van der Waals surface area (Å²) in [6, 6.07) is 4.49. The molecule has 0 amide bonds. The smallest absolute Gasteiger partial charge is 0.317 e. The van der Waals surface area contributed by atoms with Gasteiger partial charge in [0.05, 0.1) is 7.11 Å². The lowest BCUT2D eigenvalue weighted by atomic mass is 9.55. The Morgan fingerprint density at radius 3 is 2.96 bits per heavy atom. The van der Waals surface area contributed by atoms with Crippen molar-refractivity contribution in [3.8, 4) is 11.5 Å². The zero-order valence-electron chi connectivity index (χ0n) is 15.4. The van der Waals surface area contributed by atoms with E-state index in [1.807, 2.05) is 6.07 Å². The van der Waals surface area contributed by atoms with Gasteiger partial charge in [-0.25, -0.2) is 0 Å². The number of nitrogens with zero attached hydrogens (tertiary/aromatic N) is 1. The average molecular weight is 379 g/mol. The predicted octanol–water partition coefficient (Wildman–Crippen LogP) is 2.54. The van der Waals surface area contributed by atoms with Crippen LogP contribution in [0, 0.1) is 5.92 Å². The summed E-state index contributed by atoms with van der Waals surface area (Å²) in [5.41, 5.74) is 2.20. The highest BCUT2D eigenvalue weighted by Crippen LogP contribution is 2.61. The van der Waals surface area contributed by atoms with Gasteiger partial charge in [-0.15, -0.1) is 6.58 Å². The fourth-order valence-electron chi connectivity index (χ4n) is 5.44. The van der Waals surface area contributed by atoms with Gasteiger partial charge in [-0.05, 0) is 44.0 Å². The molecule has 6 nitrogen and oxygen atoms in total. The van der Waals surface area contributed by atoms with Crippen LogP contribution in [0.2, 0.25) is 0 Å². The summed E-state index contributed by atoms with van der Waals surface area (Å²) < 4.78 is 28.8. The van der Waals surface area contributed by atoms with Crippen molar-refractivity contribution in [2.75, 3.05) is 20.7 Å². The van der Waals surface area contributed by atoms with Crippen LogP contribution in [-0.2, 0) is 20.9 Å². The molecular weight excluding hydrogens is 353 g/mol. The third-order valence-electron chi connectivity index (χ3n) is 6.68. The Balaban J connectivity index is 1.91. The molecule has 2 aliphatic heterocycles. The van der Waals surface area contributed by atoms with Gasteiger partial charge in [0.2, 0.25) is 0 Å².